The van der Waals surface area contributed by atoms with Gasteiger partial charge in [0.25, 0.3) is 0 Å². The van der Waals surface area contributed by atoms with Gasteiger partial charge in [-0.25, -0.2) is 4.39 Å². The zero-order chi connectivity index (χ0) is 20.2. The van der Waals surface area contributed by atoms with E-state index in [0.29, 0.717) is 17.1 Å². The molecule has 5 heteroatoms. The Bertz CT molecular complexity index is 1150. The summed E-state index contributed by atoms with van der Waals surface area (Å²) in [4.78, 5) is 15.8. The quantitative estimate of drug-likeness (QED) is 0.439. The Hall–Kier alpha value is -3.11. The number of rotatable bonds is 6. The van der Waals surface area contributed by atoms with Gasteiger partial charge in [0.15, 0.2) is 0 Å². The normalized spacial score (nSPS) is 12.1. The molecular formula is C24H20ClFN2O. The summed E-state index contributed by atoms with van der Waals surface area (Å²) in [6.45, 7) is 0.389. The molecule has 4 rings (SSSR count). The van der Waals surface area contributed by atoms with Crippen LogP contribution in [0.4, 0.5) is 4.39 Å². The lowest BCUT2D eigenvalue weighted by atomic mass is 9.90. The number of H-pyrrole nitrogens is 1. The molecule has 0 aliphatic rings. The van der Waals surface area contributed by atoms with Crippen molar-refractivity contribution in [2.45, 2.75) is 12.3 Å². The third-order valence-electron chi connectivity index (χ3n) is 5.03. The van der Waals surface area contributed by atoms with Gasteiger partial charge in [-0.3, -0.25) is 4.79 Å². The number of fused-ring (bicyclic) bond motifs is 1. The van der Waals surface area contributed by atoms with Gasteiger partial charge in [0.05, 0.1) is 6.42 Å². The van der Waals surface area contributed by atoms with Crippen LogP contribution >= 0.6 is 11.6 Å². The zero-order valence-corrected chi connectivity index (χ0v) is 16.4. The van der Waals surface area contributed by atoms with Gasteiger partial charge in [0.2, 0.25) is 5.91 Å². The molecule has 0 radical (unpaired) electrons. The monoisotopic (exact) mass is 406 g/mol. The first-order chi connectivity index (χ1) is 14.1. The van der Waals surface area contributed by atoms with Crippen LogP contribution in [-0.4, -0.2) is 17.4 Å². The lowest BCUT2D eigenvalue weighted by Crippen LogP contribution is -2.30. The fourth-order valence-electron chi connectivity index (χ4n) is 3.64. The van der Waals surface area contributed by atoms with Crippen LogP contribution in [0.5, 0.6) is 0 Å². The summed E-state index contributed by atoms with van der Waals surface area (Å²) in [5.74, 6) is -0.619. The van der Waals surface area contributed by atoms with E-state index >= 15 is 0 Å². The Morgan fingerprint density at radius 1 is 1.00 bits per heavy atom. The van der Waals surface area contributed by atoms with Crippen LogP contribution in [0.15, 0.2) is 79.0 Å². The average Bonchev–Trinajstić information content (AvgIpc) is 3.13. The highest BCUT2D eigenvalue weighted by Gasteiger charge is 2.21. The molecule has 0 fully saturated rings. The van der Waals surface area contributed by atoms with Crippen LogP contribution in [0.25, 0.3) is 10.9 Å². The second kappa shape index (κ2) is 8.50. The molecule has 0 spiro atoms. The Morgan fingerprint density at radius 3 is 2.62 bits per heavy atom. The van der Waals surface area contributed by atoms with Crippen LogP contribution < -0.4 is 5.32 Å². The summed E-state index contributed by atoms with van der Waals surface area (Å²) in [7, 11) is 0. The second-order valence-electron chi connectivity index (χ2n) is 6.97. The number of amides is 1. The van der Waals surface area contributed by atoms with E-state index in [1.807, 2.05) is 48.7 Å². The largest absolute Gasteiger partial charge is 0.361 e. The van der Waals surface area contributed by atoms with Crippen molar-refractivity contribution in [2.75, 3.05) is 6.54 Å². The molecule has 0 aliphatic heterocycles. The van der Waals surface area contributed by atoms with Gasteiger partial charge in [0.1, 0.15) is 5.82 Å². The summed E-state index contributed by atoms with van der Waals surface area (Å²) < 4.78 is 13.4. The minimum atomic E-state index is -0.344. The molecule has 0 saturated carbocycles. The summed E-state index contributed by atoms with van der Waals surface area (Å²) in [5, 5.41) is 4.74. The number of aromatic nitrogens is 1. The van der Waals surface area contributed by atoms with E-state index < -0.39 is 0 Å². The Labute approximate surface area is 173 Å². The van der Waals surface area contributed by atoms with Crippen molar-refractivity contribution in [3.63, 3.8) is 0 Å². The maximum absolute atomic E-state index is 13.4. The molecule has 29 heavy (non-hydrogen) atoms. The van der Waals surface area contributed by atoms with Crippen LogP contribution in [0, 0.1) is 5.82 Å². The SMILES string of the molecule is O=C(Cc1cccc(F)c1)NCC(c1ccccc1Cl)c1c[nH]c2ccccc12. The van der Waals surface area contributed by atoms with Gasteiger partial charge in [0, 0.05) is 34.6 Å². The molecule has 1 amide bonds. The van der Waals surface area contributed by atoms with Gasteiger partial charge in [-0.2, -0.15) is 0 Å². The third kappa shape index (κ3) is 4.33. The molecule has 4 aromatic rings. The van der Waals surface area contributed by atoms with Crippen LogP contribution in [0.2, 0.25) is 5.02 Å². The maximum atomic E-state index is 13.4. The minimum Gasteiger partial charge on any atom is -0.361 e. The highest BCUT2D eigenvalue weighted by Crippen LogP contribution is 2.34. The first-order valence-electron chi connectivity index (χ1n) is 9.43. The Kier molecular flexibility index (Phi) is 5.63. The van der Waals surface area contributed by atoms with E-state index in [-0.39, 0.29) is 24.1 Å². The van der Waals surface area contributed by atoms with E-state index in [4.69, 9.17) is 11.6 Å². The summed E-state index contributed by atoms with van der Waals surface area (Å²) >= 11 is 6.48. The smallest absolute Gasteiger partial charge is 0.224 e. The molecule has 146 valence electrons. The van der Waals surface area contributed by atoms with E-state index in [0.717, 1.165) is 22.0 Å². The summed E-state index contributed by atoms with van der Waals surface area (Å²) in [6, 6.07) is 21.8. The number of aromatic amines is 1. The number of carbonyl (C=O) groups excluding carboxylic acids is 1. The number of nitrogens with one attached hydrogen (secondary N) is 2. The predicted molar refractivity (Wildman–Crippen MR) is 115 cm³/mol. The average molecular weight is 407 g/mol. The molecule has 0 bridgehead atoms. The number of benzene rings is 3. The summed E-state index contributed by atoms with van der Waals surface area (Å²) in [5.41, 5.74) is 3.69. The standard InChI is InChI=1S/C24H20ClFN2O/c25-22-10-3-1-8-18(22)20(21-14-27-23-11-4-2-9-19(21)23)15-28-24(29)13-16-6-5-7-17(26)12-16/h1-12,14,20,27H,13,15H2,(H,28,29). The van der Waals surface area contributed by atoms with Crippen LogP contribution in [0.1, 0.15) is 22.6 Å². The van der Waals surface area contributed by atoms with Crippen molar-refractivity contribution in [3.8, 4) is 0 Å². The molecule has 3 nitrogen and oxygen atoms in total. The lowest BCUT2D eigenvalue weighted by Gasteiger charge is -2.19. The molecule has 0 saturated heterocycles. The van der Waals surface area contributed by atoms with E-state index in [2.05, 4.69) is 16.4 Å². The third-order valence-corrected chi connectivity index (χ3v) is 5.38. The fraction of sp³-hybridized carbons (Fsp3) is 0.125. The van der Waals surface area contributed by atoms with Gasteiger partial charge < -0.3 is 10.3 Å². The van der Waals surface area contributed by atoms with Crippen LogP contribution in [0.3, 0.4) is 0 Å². The number of carbonyl (C=O) groups is 1. The van der Waals surface area contributed by atoms with Crippen molar-refractivity contribution in [1.29, 1.82) is 0 Å². The van der Waals surface area contributed by atoms with Crippen molar-refractivity contribution in [3.05, 3.63) is 107 Å². The van der Waals surface area contributed by atoms with E-state index in [9.17, 15) is 9.18 Å². The lowest BCUT2D eigenvalue weighted by molar-refractivity contribution is -0.120. The molecule has 0 aliphatic carbocycles. The Morgan fingerprint density at radius 2 is 1.79 bits per heavy atom. The topological polar surface area (TPSA) is 44.9 Å². The molecule has 1 atom stereocenters. The number of hydrogen-bond acceptors (Lipinski definition) is 1. The maximum Gasteiger partial charge on any atom is 0.224 e. The molecule has 1 heterocycles. The molecule has 1 aromatic heterocycles. The fourth-order valence-corrected chi connectivity index (χ4v) is 3.91. The van der Waals surface area contributed by atoms with Crippen molar-refractivity contribution in [2.24, 2.45) is 0 Å². The van der Waals surface area contributed by atoms with Crippen LogP contribution in [-0.2, 0) is 11.2 Å². The van der Waals surface area contributed by atoms with Crippen molar-refractivity contribution < 1.29 is 9.18 Å². The number of hydrogen-bond donors (Lipinski definition) is 2. The zero-order valence-electron chi connectivity index (χ0n) is 15.7. The van der Waals surface area contributed by atoms with E-state index in [1.54, 1.807) is 12.1 Å². The Balaban J connectivity index is 1.59. The van der Waals surface area contributed by atoms with Gasteiger partial charge in [-0.05, 0) is 41.0 Å². The van der Waals surface area contributed by atoms with Gasteiger partial charge >= 0.3 is 0 Å². The number of halogens is 2. The first-order valence-corrected chi connectivity index (χ1v) is 9.81. The molecule has 2 N–H and O–H groups in total. The molecular weight excluding hydrogens is 387 g/mol. The number of para-hydroxylation sites is 1. The second-order valence-corrected chi connectivity index (χ2v) is 7.38. The molecule has 1 unspecified atom stereocenters. The highest BCUT2D eigenvalue weighted by molar-refractivity contribution is 6.31. The predicted octanol–water partition coefficient (Wildman–Crippen LogP) is 5.45. The summed E-state index contributed by atoms with van der Waals surface area (Å²) in [6.07, 6.45) is 2.10. The van der Waals surface area contributed by atoms with Crippen molar-refractivity contribution in [1.82, 2.24) is 10.3 Å². The first kappa shape index (κ1) is 19.2. The van der Waals surface area contributed by atoms with Crippen molar-refractivity contribution >= 4 is 28.4 Å². The molecule has 3 aromatic carbocycles. The highest BCUT2D eigenvalue weighted by atomic mass is 35.5. The van der Waals surface area contributed by atoms with E-state index in [1.165, 1.54) is 12.1 Å². The van der Waals surface area contributed by atoms with Gasteiger partial charge in [-0.1, -0.05) is 60.1 Å². The van der Waals surface area contributed by atoms with Gasteiger partial charge in [-0.15, -0.1) is 0 Å². The minimum absolute atomic E-state index is 0.115.